The molecule has 2 aliphatic carbocycles. The molecule has 70 valence electrons. The summed E-state index contributed by atoms with van der Waals surface area (Å²) in [5.41, 5.74) is 2.85. The minimum Gasteiger partial charge on any atom is -0.142 e. The van der Waals surface area contributed by atoms with E-state index in [-0.39, 0.29) is 0 Å². The molecule has 2 heteroatoms. The van der Waals surface area contributed by atoms with Crippen LogP contribution in [0.3, 0.4) is 0 Å². The lowest BCUT2D eigenvalue weighted by atomic mass is 10.4. The molecular weight excluding hydrogens is 208 g/mol. The second-order valence-corrected chi connectivity index (χ2v) is 4.03. The second kappa shape index (κ2) is 4.11. The normalized spacial score (nSPS) is 10.1. The highest BCUT2D eigenvalue weighted by Gasteiger charge is 2.06. The monoisotopic (exact) mass is 218 g/mol. The number of thiol groups is 2. The van der Waals surface area contributed by atoms with Gasteiger partial charge in [-0.25, -0.2) is 0 Å². The largest absolute Gasteiger partial charge is 0.142 e. The van der Waals surface area contributed by atoms with E-state index in [1.165, 1.54) is 11.1 Å². The van der Waals surface area contributed by atoms with Crippen molar-refractivity contribution < 1.29 is 0 Å². The van der Waals surface area contributed by atoms with Crippen molar-refractivity contribution in [2.24, 2.45) is 0 Å². The summed E-state index contributed by atoms with van der Waals surface area (Å²) >= 11 is 8.24. The van der Waals surface area contributed by atoms with Gasteiger partial charge in [-0.3, -0.25) is 0 Å². The average molecular weight is 218 g/mol. The summed E-state index contributed by atoms with van der Waals surface area (Å²) in [6, 6.07) is 16.2. The van der Waals surface area contributed by atoms with Gasteiger partial charge < -0.3 is 0 Å². The Labute approximate surface area is 94.8 Å². The third kappa shape index (κ3) is 2.34. The van der Waals surface area contributed by atoms with E-state index in [1.807, 2.05) is 24.3 Å². The van der Waals surface area contributed by atoms with Gasteiger partial charge in [-0.2, -0.15) is 0 Å². The first kappa shape index (κ1) is 9.69. The molecule has 1 aromatic rings. The average Bonchev–Trinajstić information content (AvgIpc) is 2.80. The smallest absolute Gasteiger partial charge is 0.0174 e. The zero-order valence-electron chi connectivity index (χ0n) is 7.51. The molecule has 0 N–H and O–H groups in total. The number of hydrogen-bond acceptors (Lipinski definition) is 2. The van der Waals surface area contributed by atoms with E-state index in [2.05, 4.69) is 49.5 Å². The van der Waals surface area contributed by atoms with Gasteiger partial charge in [0.25, 0.3) is 0 Å². The van der Waals surface area contributed by atoms with Crippen LogP contribution in [0.4, 0.5) is 0 Å². The van der Waals surface area contributed by atoms with Crippen molar-refractivity contribution in [3.8, 4) is 11.1 Å². The van der Waals surface area contributed by atoms with Gasteiger partial charge in [-0.15, -0.1) is 25.3 Å². The molecule has 0 fully saturated rings. The van der Waals surface area contributed by atoms with Crippen molar-refractivity contribution in [2.75, 3.05) is 0 Å². The van der Waals surface area contributed by atoms with Crippen LogP contribution in [-0.4, -0.2) is 0 Å². The Bertz CT molecular complexity index is 411. The molecule has 0 heterocycles. The number of fused-ring (bicyclic) bond motifs is 1. The second-order valence-electron chi connectivity index (χ2n) is 3.07. The number of benzene rings is 2. The fourth-order valence-electron chi connectivity index (χ4n) is 1.14. The Morgan fingerprint density at radius 2 is 1.14 bits per heavy atom. The van der Waals surface area contributed by atoms with Crippen LogP contribution in [0.25, 0.3) is 11.1 Å². The van der Waals surface area contributed by atoms with Crippen molar-refractivity contribution in [2.45, 2.75) is 9.79 Å². The third-order valence-electron chi connectivity index (χ3n) is 1.99. The lowest BCUT2D eigenvalue weighted by Gasteiger charge is -1.91. The predicted octanol–water partition coefficient (Wildman–Crippen LogP) is 3.93. The van der Waals surface area contributed by atoms with Crippen LogP contribution in [-0.2, 0) is 0 Å². The molecule has 0 atom stereocenters. The summed E-state index contributed by atoms with van der Waals surface area (Å²) in [5, 5.41) is 0. The molecule has 0 spiro atoms. The first-order valence-electron chi connectivity index (χ1n) is 4.35. The maximum atomic E-state index is 4.12. The summed E-state index contributed by atoms with van der Waals surface area (Å²) in [4.78, 5) is 1.85. The van der Waals surface area contributed by atoms with Gasteiger partial charge in [0.1, 0.15) is 0 Å². The minimum atomic E-state index is 0.927. The topological polar surface area (TPSA) is 0 Å². The zero-order valence-corrected chi connectivity index (χ0v) is 9.30. The molecule has 0 aromatic heterocycles. The van der Waals surface area contributed by atoms with Crippen LogP contribution in [0.5, 0.6) is 0 Å². The SMILES string of the molecule is Sc1ccccc1S.c1cc2cc-2c1. The maximum Gasteiger partial charge on any atom is 0.0174 e. The number of hydrogen-bond donors (Lipinski definition) is 2. The van der Waals surface area contributed by atoms with E-state index in [0.29, 0.717) is 0 Å². The van der Waals surface area contributed by atoms with Gasteiger partial charge in [-0.1, -0.05) is 30.3 Å². The highest BCUT2D eigenvalue weighted by molar-refractivity contribution is 7.83. The van der Waals surface area contributed by atoms with Gasteiger partial charge in [0.15, 0.2) is 0 Å². The Morgan fingerprint density at radius 1 is 0.643 bits per heavy atom. The molecular formula is C12H10S2. The first-order valence-corrected chi connectivity index (χ1v) is 5.24. The minimum absolute atomic E-state index is 0.927. The molecule has 14 heavy (non-hydrogen) atoms. The molecule has 0 nitrogen and oxygen atoms in total. The van der Waals surface area contributed by atoms with Gasteiger partial charge in [0, 0.05) is 9.79 Å². The van der Waals surface area contributed by atoms with E-state index in [1.54, 1.807) is 0 Å². The molecule has 0 saturated carbocycles. The molecule has 2 aliphatic rings. The molecule has 1 aromatic carbocycles. The molecule has 0 bridgehead atoms. The van der Waals surface area contributed by atoms with E-state index in [0.717, 1.165) is 9.79 Å². The zero-order chi connectivity index (χ0) is 9.97. The molecule has 3 rings (SSSR count). The van der Waals surface area contributed by atoms with Crippen LogP contribution in [0.15, 0.2) is 58.3 Å². The van der Waals surface area contributed by atoms with Crippen LogP contribution >= 0.6 is 25.3 Å². The quantitative estimate of drug-likeness (QED) is 0.525. The fraction of sp³-hybridized carbons (Fsp3) is 0. The lowest BCUT2D eigenvalue weighted by molar-refractivity contribution is 1.27. The predicted molar refractivity (Wildman–Crippen MR) is 66.4 cm³/mol. The molecule has 0 saturated heterocycles. The van der Waals surface area contributed by atoms with Crippen LogP contribution in [0.1, 0.15) is 0 Å². The summed E-state index contributed by atoms with van der Waals surface area (Å²) < 4.78 is 0. The third-order valence-corrected chi connectivity index (χ3v) is 2.95. The van der Waals surface area contributed by atoms with Crippen LogP contribution in [0.2, 0.25) is 0 Å². The molecule has 0 unspecified atom stereocenters. The Morgan fingerprint density at radius 3 is 1.36 bits per heavy atom. The van der Waals surface area contributed by atoms with E-state index >= 15 is 0 Å². The van der Waals surface area contributed by atoms with Crippen LogP contribution in [0, 0.1) is 0 Å². The van der Waals surface area contributed by atoms with Crippen molar-refractivity contribution in [3.63, 3.8) is 0 Å². The maximum absolute atomic E-state index is 4.12. The Kier molecular flexibility index (Phi) is 2.85. The van der Waals surface area contributed by atoms with Crippen molar-refractivity contribution in [1.82, 2.24) is 0 Å². The summed E-state index contributed by atoms with van der Waals surface area (Å²) in [7, 11) is 0. The summed E-state index contributed by atoms with van der Waals surface area (Å²) in [5.74, 6) is 0. The van der Waals surface area contributed by atoms with Gasteiger partial charge in [0.05, 0.1) is 0 Å². The Balaban J connectivity index is 0.000000110. The lowest BCUT2D eigenvalue weighted by Crippen LogP contribution is -1.65. The van der Waals surface area contributed by atoms with Gasteiger partial charge in [-0.05, 0) is 29.3 Å². The van der Waals surface area contributed by atoms with Gasteiger partial charge in [0.2, 0.25) is 0 Å². The van der Waals surface area contributed by atoms with Gasteiger partial charge >= 0.3 is 0 Å². The van der Waals surface area contributed by atoms with Crippen molar-refractivity contribution in [1.29, 1.82) is 0 Å². The van der Waals surface area contributed by atoms with Crippen molar-refractivity contribution in [3.05, 3.63) is 48.5 Å². The van der Waals surface area contributed by atoms with E-state index < -0.39 is 0 Å². The molecule has 0 amide bonds. The highest BCUT2D eigenvalue weighted by atomic mass is 32.1. The van der Waals surface area contributed by atoms with E-state index in [4.69, 9.17) is 0 Å². The van der Waals surface area contributed by atoms with Crippen molar-refractivity contribution >= 4 is 25.3 Å². The van der Waals surface area contributed by atoms with Crippen LogP contribution < -0.4 is 0 Å². The fourth-order valence-corrected chi connectivity index (χ4v) is 1.46. The standard InChI is InChI=1S/C6H6S2.C6H4/c7-5-3-1-2-4-6(5)8;1-2-5-4-6(5)3-1/h1-4,7-8H;1-4H. The first-order chi connectivity index (χ1) is 6.77. The number of rotatable bonds is 0. The highest BCUT2D eigenvalue weighted by Crippen LogP contribution is 2.32. The summed E-state index contributed by atoms with van der Waals surface area (Å²) in [6.45, 7) is 0. The molecule has 0 radical (unpaired) electrons. The van der Waals surface area contributed by atoms with E-state index in [9.17, 15) is 0 Å². The molecule has 0 aliphatic heterocycles. The Hall–Kier alpha value is -0.860. The summed E-state index contributed by atoms with van der Waals surface area (Å²) in [6.07, 6.45) is 0.